The maximum absolute atomic E-state index is 13.7. The van der Waals surface area contributed by atoms with E-state index in [2.05, 4.69) is 15.9 Å². The molecule has 0 aliphatic rings. The van der Waals surface area contributed by atoms with Crippen LogP contribution in [0.5, 0.6) is 0 Å². The standard InChI is InChI=1S/C16H14BrFO/c1-10-3-4-13(7-11(10)2)16(19)8-12-5-6-14(17)9-15(12)18/h3-7,9H,8H2,1-2H3. The fourth-order valence-corrected chi connectivity index (χ4v) is 2.19. The third-order valence-corrected chi connectivity index (χ3v) is 3.69. The van der Waals surface area contributed by atoms with Crippen molar-refractivity contribution >= 4 is 21.7 Å². The van der Waals surface area contributed by atoms with Crippen LogP contribution in [0.2, 0.25) is 0 Å². The summed E-state index contributed by atoms with van der Waals surface area (Å²) in [5.74, 6) is -0.420. The molecule has 0 unspecified atom stereocenters. The highest BCUT2D eigenvalue weighted by Crippen LogP contribution is 2.18. The van der Waals surface area contributed by atoms with Crippen molar-refractivity contribution in [1.82, 2.24) is 0 Å². The van der Waals surface area contributed by atoms with Crippen molar-refractivity contribution in [2.75, 3.05) is 0 Å². The van der Waals surface area contributed by atoms with Gasteiger partial charge in [0, 0.05) is 16.5 Å². The average Bonchev–Trinajstić information content (AvgIpc) is 2.36. The normalized spacial score (nSPS) is 10.5. The van der Waals surface area contributed by atoms with Gasteiger partial charge in [-0.2, -0.15) is 0 Å². The summed E-state index contributed by atoms with van der Waals surface area (Å²) in [5.41, 5.74) is 3.27. The van der Waals surface area contributed by atoms with Crippen LogP contribution in [0.15, 0.2) is 40.9 Å². The molecule has 0 amide bonds. The lowest BCUT2D eigenvalue weighted by Gasteiger charge is -2.06. The summed E-state index contributed by atoms with van der Waals surface area (Å²) < 4.78 is 14.4. The van der Waals surface area contributed by atoms with Gasteiger partial charge in [-0.05, 0) is 48.7 Å². The summed E-state index contributed by atoms with van der Waals surface area (Å²) in [6, 6.07) is 10.3. The van der Waals surface area contributed by atoms with Crippen LogP contribution < -0.4 is 0 Å². The number of carbonyl (C=O) groups is 1. The predicted octanol–water partition coefficient (Wildman–Crippen LogP) is 4.63. The Morgan fingerprint density at radius 2 is 1.84 bits per heavy atom. The van der Waals surface area contributed by atoms with E-state index in [1.165, 1.54) is 6.07 Å². The van der Waals surface area contributed by atoms with Crippen molar-refractivity contribution in [2.45, 2.75) is 20.3 Å². The van der Waals surface area contributed by atoms with Crippen molar-refractivity contribution in [3.8, 4) is 0 Å². The van der Waals surface area contributed by atoms with Crippen molar-refractivity contribution in [2.24, 2.45) is 0 Å². The number of halogens is 2. The van der Waals surface area contributed by atoms with Gasteiger partial charge in [-0.1, -0.05) is 34.1 Å². The van der Waals surface area contributed by atoms with Gasteiger partial charge < -0.3 is 0 Å². The highest BCUT2D eigenvalue weighted by molar-refractivity contribution is 9.10. The number of rotatable bonds is 3. The van der Waals surface area contributed by atoms with Gasteiger partial charge in [0.25, 0.3) is 0 Å². The van der Waals surface area contributed by atoms with Crippen LogP contribution in [-0.2, 0) is 6.42 Å². The summed E-state index contributed by atoms with van der Waals surface area (Å²) >= 11 is 3.20. The molecule has 98 valence electrons. The first-order chi connectivity index (χ1) is 8.97. The molecule has 0 aliphatic heterocycles. The Hall–Kier alpha value is -1.48. The molecule has 0 heterocycles. The second kappa shape index (κ2) is 5.66. The zero-order valence-corrected chi connectivity index (χ0v) is 12.4. The maximum Gasteiger partial charge on any atom is 0.167 e. The van der Waals surface area contributed by atoms with Gasteiger partial charge >= 0.3 is 0 Å². The third kappa shape index (κ3) is 3.29. The molecule has 3 heteroatoms. The Morgan fingerprint density at radius 3 is 2.47 bits per heavy atom. The number of Topliss-reactive ketones (excluding diaryl/α,β-unsaturated/α-hetero) is 1. The molecule has 0 N–H and O–H groups in total. The minimum absolute atomic E-state index is 0.0654. The van der Waals surface area contributed by atoms with E-state index in [1.54, 1.807) is 18.2 Å². The highest BCUT2D eigenvalue weighted by atomic mass is 79.9. The monoisotopic (exact) mass is 320 g/mol. The molecular formula is C16H14BrFO. The number of carbonyl (C=O) groups excluding carboxylic acids is 1. The molecule has 2 rings (SSSR count). The van der Waals surface area contributed by atoms with E-state index in [0.29, 0.717) is 15.6 Å². The van der Waals surface area contributed by atoms with Gasteiger partial charge in [-0.15, -0.1) is 0 Å². The van der Waals surface area contributed by atoms with Crippen LogP contribution in [0, 0.1) is 19.7 Å². The third-order valence-electron chi connectivity index (χ3n) is 3.20. The zero-order chi connectivity index (χ0) is 14.0. The first kappa shape index (κ1) is 13.9. The topological polar surface area (TPSA) is 17.1 Å². The molecule has 2 aromatic carbocycles. The first-order valence-corrected chi connectivity index (χ1v) is 6.81. The van der Waals surface area contributed by atoms with Crippen LogP contribution >= 0.6 is 15.9 Å². The van der Waals surface area contributed by atoms with E-state index in [1.807, 2.05) is 26.0 Å². The summed E-state index contributed by atoms with van der Waals surface area (Å²) in [7, 11) is 0. The summed E-state index contributed by atoms with van der Waals surface area (Å²) in [6.45, 7) is 3.96. The lowest BCUT2D eigenvalue weighted by atomic mass is 9.99. The fourth-order valence-electron chi connectivity index (χ4n) is 1.85. The van der Waals surface area contributed by atoms with Gasteiger partial charge in [0.1, 0.15) is 5.82 Å². The maximum atomic E-state index is 13.7. The van der Waals surface area contributed by atoms with E-state index in [-0.39, 0.29) is 18.0 Å². The minimum atomic E-state index is -0.355. The molecule has 0 radical (unpaired) electrons. The Morgan fingerprint density at radius 1 is 1.11 bits per heavy atom. The Bertz CT molecular complexity index is 635. The molecule has 0 saturated heterocycles. The molecule has 0 spiro atoms. The van der Waals surface area contributed by atoms with E-state index in [4.69, 9.17) is 0 Å². The highest BCUT2D eigenvalue weighted by Gasteiger charge is 2.11. The van der Waals surface area contributed by atoms with Crippen LogP contribution in [0.1, 0.15) is 27.0 Å². The Labute approximate surface area is 120 Å². The second-order valence-corrected chi connectivity index (χ2v) is 5.55. The van der Waals surface area contributed by atoms with Crippen molar-refractivity contribution in [3.63, 3.8) is 0 Å². The average molecular weight is 321 g/mol. The number of aryl methyl sites for hydroxylation is 2. The molecular weight excluding hydrogens is 307 g/mol. The molecule has 0 aromatic heterocycles. The van der Waals surface area contributed by atoms with Crippen LogP contribution in [0.25, 0.3) is 0 Å². The van der Waals surface area contributed by atoms with E-state index in [9.17, 15) is 9.18 Å². The molecule has 0 aliphatic carbocycles. The van der Waals surface area contributed by atoms with Gasteiger partial charge in [0.2, 0.25) is 0 Å². The zero-order valence-electron chi connectivity index (χ0n) is 10.8. The number of hydrogen-bond acceptors (Lipinski definition) is 1. The van der Waals surface area contributed by atoms with Gasteiger partial charge in [-0.25, -0.2) is 4.39 Å². The van der Waals surface area contributed by atoms with E-state index >= 15 is 0 Å². The van der Waals surface area contributed by atoms with Crippen LogP contribution in [-0.4, -0.2) is 5.78 Å². The van der Waals surface area contributed by atoms with Crippen molar-refractivity contribution in [3.05, 3.63) is 68.9 Å². The lowest BCUT2D eigenvalue weighted by molar-refractivity contribution is 0.0991. The minimum Gasteiger partial charge on any atom is -0.294 e. The molecule has 0 atom stereocenters. The van der Waals surface area contributed by atoms with Gasteiger partial charge in [0.05, 0.1) is 0 Å². The van der Waals surface area contributed by atoms with Crippen molar-refractivity contribution < 1.29 is 9.18 Å². The lowest BCUT2D eigenvalue weighted by Crippen LogP contribution is -2.05. The largest absolute Gasteiger partial charge is 0.294 e. The first-order valence-electron chi connectivity index (χ1n) is 6.02. The molecule has 0 saturated carbocycles. The summed E-state index contributed by atoms with van der Waals surface area (Å²) in [4.78, 5) is 12.1. The molecule has 0 fully saturated rings. The Balaban J connectivity index is 2.23. The molecule has 1 nitrogen and oxygen atoms in total. The van der Waals surface area contributed by atoms with Crippen molar-refractivity contribution in [1.29, 1.82) is 0 Å². The predicted molar refractivity (Wildman–Crippen MR) is 78.1 cm³/mol. The van der Waals surface area contributed by atoms with Crippen LogP contribution in [0.4, 0.5) is 4.39 Å². The summed E-state index contributed by atoms with van der Waals surface area (Å²) in [5, 5.41) is 0. The number of ketones is 1. The smallest absolute Gasteiger partial charge is 0.167 e. The second-order valence-electron chi connectivity index (χ2n) is 4.63. The van der Waals surface area contributed by atoms with Gasteiger partial charge in [0.15, 0.2) is 5.78 Å². The summed E-state index contributed by atoms with van der Waals surface area (Å²) in [6.07, 6.45) is 0.0849. The van der Waals surface area contributed by atoms with E-state index in [0.717, 1.165) is 11.1 Å². The SMILES string of the molecule is Cc1ccc(C(=O)Cc2ccc(Br)cc2F)cc1C. The number of hydrogen-bond donors (Lipinski definition) is 0. The quantitative estimate of drug-likeness (QED) is 0.753. The Kier molecular flexibility index (Phi) is 4.15. The fraction of sp³-hybridized carbons (Fsp3) is 0.188. The molecule has 0 bridgehead atoms. The van der Waals surface area contributed by atoms with Gasteiger partial charge in [-0.3, -0.25) is 4.79 Å². The molecule has 2 aromatic rings. The molecule has 19 heavy (non-hydrogen) atoms. The van der Waals surface area contributed by atoms with Crippen LogP contribution in [0.3, 0.4) is 0 Å². The number of benzene rings is 2. The van der Waals surface area contributed by atoms with E-state index < -0.39 is 0 Å².